The van der Waals surface area contributed by atoms with Crippen molar-refractivity contribution >= 4 is 17.8 Å². The van der Waals surface area contributed by atoms with Gasteiger partial charge in [0, 0.05) is 17.5 Å². The van der Waals surface area contributed by atoms with Crippen LogP contribution in [0.5, 0.6) is 0 Å². The second kappa shape index (κ2) is 5.80. The normalized spacial score (nSPS) is 20.6. The number of fused-ring (bicyclic) bond motifs is 2. The van der Waals surface area contributed by atoms with Crippen LogP contribution in [0.15, 0.2) is 30.6 Å². The summed E-state index contributed by atoms with van der Waals surface area (Å²) in [5.74, 6) is -1.30. The molecule has 1 N–H and O–H groups in total. The smallest absolute Gasteiger partial charge is 0.254 e. The van der Waals surface area contributed by atoms with E-state index >= 15 is 0 Å². The Balaban J connectivity index is 1.36. The van der Waals surface area contributed by atoms with Gasteiger partial charge >= 0.3 is 0 Å². The zero-order valence-corrected chi connectivity index (χ0v) is 15.0. The van der Waals surface area contributed by atoms with Crippen LogP contribution < -0.4 is 5.32 Å². The molecule has 2 saturated carbocycles. The van der Waals surface area contributed by atoms with E-state index in [2.05, 4.69) is 15.3 Å². The molecular weight excluding hydrogens is 366 g/mol. The number of aromatic nitrogens is 2. The van der Waals surface area contributed by atoms with E-state index in [9.17, 15) is 18.4 Å². The molecule has 0 radical (unpaired) electrons. The Bertz CT molecular complexity index is 984. The summed E-state index contributed by atoms with van der Waals surface area (Å²) in [7, 11) is 0. The van der Waals surface area contributed by atoms with Crippen molar-refractivity contribution < 1.29 is 18.4 Å². The van der Waals surface area contributed by atoms with Crippen LogP contribution in [0.3, 0.4) is 0 Å². The van der Waals surface area contributed by atoms with Crippen LogP contribution in [-0.2, 0) is 15.9 Å². The summed E-state index contributed by atoms with van der Waals surface area (Å²) in [6.45, 7) is 0.287. The van der Waals surface area contributed by atoms with E-state index in [1.165, 1.54) is 4.90 Å². The molecule has 2 aliphatic carbocycles. The SMILES string of the molecule is O=C(CN1CC2(CC2)c2cc(C3(F)CC3)ccc2C1=O)Nc1ncc(F)cn1. The first-order valence-electron chi connectivity index (χ1n) is 9.29. The van der Waals surface area contributed by atoms with Gasteiger partial charge in [-0.3, -0.25) is 14.9 Å². The monoisotopic (exact) mass is 384 g/mol. The third kappa shape index (κ3) is 2.83. The van der Waals surface area contributed by atoms with E-state index in [1.807, 2.05) is 6.07 Å². The Morgan fingerprint density at radius 3 is 2.54 bits per heavy atom. The molecule has 28 heavy (non-hydrogen) atoms. The average molecular weight is 384 g/mol. The fraction of sp³-hybridized carbons (Fsp3) is 0.400. The lowest BCUT2D eigenvalue weighted by Gasteiger charge is -2.34. The van der Waals surface area contributed by atoms with Gasteiger partial charge in [-0.25, -0.2) is 18.7 Å². The van der Waals surface area contributed by atoms with Crippen LogP contribution in [0.4, 0.5) is 14.7 Å². The Hall–Kier alpha value is -2.90. The molecule has 0 atom stereocenters. The average Bonchev–Trinajstić information content (AvgIpc) is 3.60. The largest absolute Gasteiger partial charge is 0.328 e. The molecule has 1 aliphatic heterocycles. The fourth-order valence-electron chi connectivity index (χ4n) is 3.96. The number of nitrogens with one attached hydrogen (secondary N) is 1. The summed E-state index contributed by atoms with van der Waals surface area (Å²) < 4.78 is 27.3. The van der Waals surface area contributed by atoms with E-state index in [-0.39, 0.29) is 23.8 Å². The molecule has 1 aromatic heterocycles. The summed E-state index contributed by atoms with van der Waals surface area (Å²) in [5, 5.41) is 2.47. The minimum atomic E-state index is -1.24. The first-order valence-corrected chi connectivity index (χ1v) is 9.29. The molecule has 2 amide bonds. The highest BCUT2D eigenvalue weighted by Crippen LogP contribution is 2.55. The van der Waals surface area contributed by atoms with Crippen molar-refractivity contribution in [3.8, 4) is 0 Å². The highest BCUT2D eigenvalue weighted by molar-refractivity contribution is 6.01. The van der Waals surface area contributed by atoms with Gasteiger partial charge in [-0.1, -0.05) is 12.1 Å². The number of alkyl halides is 1. The zero-order chi connectivity index (χ0) is 19.5. The van der Waals surface area contributed by atoms with Crippen molar-refractivity contribution in [1.29, 1.82) is 0 Å². The van der Waals surface area contributed by atoms with E-state index in [0.29, 0.717) is 30.5 Å². The number of carbonyl (C=O) groups is 2. The number of hydrogen-bond acceptors (Lipinski definition) is 4. The van der Waals surface area contributed by atoms with Crippen LogP contribution in [0.2, 0.25) is 0 Å². The lowest BCUT2D eigenvalue weighted by Crippen LogP contribution is -2.47. The summed E-state index contributed by atoms with van der Waals surface area (Å²) >= 11 is 0. The lowest BCUT2D eigenvalue weighted by atomic mass is 9.84. The van der Waals surface area contributed by atoms with Crippen molar-refractivity contribution in [2.75, 3.05) is 18.4 Å². The standard InChI is InChI=1S/C20H18F2N4O2/c21-13-8-23-18(24-9-13)25-16(27)10-26-11-19(3-4-19)15-7-12(20(22)5-6-20)1-2-14(15)17(26)28/h1-2,7-9H,3-6,10-11H2,(H,23,24,25,27). The summed E-state index contributed by atoms with van der Waals surface area (Å²) in [5.41, 5.74) is 0.697. The van der Waals surface area contributed by atoms with Crippen molar-refractivity contribution in [1.82, 2.24) is 14.9 Å². The highest BCUT2D eigenvalue weighted by atomic mass is 19.1. The Morgan fingerprint density at radius 2 is 1.89 bits per heavy atom. The van der Waals surface area contributed by atoms with Gasteiger partial charge in [0.1, 0.15) is 12.2 Å². The minimum absolute atomic E-state index is 0.0142. The quantitative estimate of drug-likeness (QED) is 0.880. The van der Waals surface area contributed by atoms with Crippen molar-refractivity contribution in [2.45, 2.75) is 36.8 Å². The van der Waals surface area contributed by atoms with E-state index in [4.69, 9.17) is 0 Å². The van der Waals surface area contributed by atoms with Gasteiger partial charge in [0.05, 0.1) is 12.4 Å². The second-order valence-electron chi connectivity index (χ2n) is 7.94. The first-order chi connectivity index (χ1) is 13.4. The molecule has 3 aliphatic rings. The molecule has 5 rings (SSSR count). The molecule has 8 heteroatoms. The maximum absolute atomic E-state index is 14.5. The maximum Gasteiger partial charge on any atom is 0.254 e. The van der Waals surface area contributed by atoms with E-state index in [1.54, 1.807) is 12.1 Å². The number of benzene rings is 1. The van der Waals surface area contributed by atoms with Crippen molar-refractivity contribution in [2.24, 2.45) is 0 Å². The highest BCUT2D eigenvalue weighted by Gasteiger charge is 2.53. The summed E-state index contributed by atoms with van der Waals surface area (Å²) in [6.07, 6.45) is 4.80. The topological polar surface area (TPSA) is 75.2 Å². The molecule has 2 heterocycles. The number of nitrogens with zero attached hydrogens (tertiary/aromatic N) is 3. The molecule has 0 unspecified atom stereocenters. The number of anilines is 1. The van der Waals surface area contributed by atoms with Crippen LogP contribution in [-0.4, -0.2) is 39.8 Å². The third-order valence-electron chi connectivity index (χ3n) is 5.87. The predicted molar refractivity (Wildman–Crippen MR) is 95.9 cm³/mol. The lowest BCUT2D eigenvalue weighted by molar-refractivity contribution is -0.117. The van der Waals surface area contributed by atoms with Crippen LogP contribution >= 0.6 is 0 Å². The number of hydrogen-bond donors (Lipinski definition) is 1. The maximum atomic E-state index is 14.5. The molecule has 144 valence electrons. The van der Waals surface area contributed by atoms with Crippen LogP contribution in [0.1, 0.15) is 47.2 Å². The Kier molecular flexibility index (Phi) is 3.56. The second-order valence-corrected chi connectivity index (χ2v) is 7.94. The molecule has 0 bridgehead atoms. The van der Waals surface area contributed by atoms with Crippen LogP contribution in [0.25, 0.3) is 0 Å². The molecule has 2 aromatic rings. The van der Waals surface area contributed by atoms with E-state index < -0.39 is 17.4 Å². The molecule has 2 fully saturated rings. The van der Waals surface area contributed by atoms with Gasteiger partial charge in [0.25, 0.3) is 5.91 Å². The first kappa shape index (κ1) is 17.2. The molecular formula is C20H18F2N4O2. The van der Waals surface area contributed by atoms with Gasteiger partial charge in [-0.15, -0.1) is 0 Å². The summed E-state index contributed by atoms with van der Waals surface area (Å²) in [4.78, 5) is 34.1. The van der Waals surface area contributed by atoms with E-state index in [0.717, 1.165) is 30.8 Å². The molecule has 1 spiro atoms. The number of amides is 2. The number of carbonyl (C=O) groups excluding carboxylic acids is 2. The predicted octanol–water partition coefficient (Wildman–Crippen LogP) is 2.70. The van der Waals surface area contributed by atoms with Gasteiger partial charge in [0.2, 0.25) is 11.9 Å². The van der Waals surface area contributed by atoms with Gasteiger partial charge < -0.3 is 4.90 Å². The zero-order valence-electron chi connectivity index (χ0n) is 15.0. The Labute approximate surface area is 160 Å². The van der Waals surface area contributed by atoms with Gasteiger partial charge in [-0.2, -0.15) is 0 Å². The molecule has 6 nitrogen and oxygen atoms in total. The molecule has 1 aromatic carbocycles. The minimum Gasteiger partial charge on any atom is -0.328 e. The fourth-order valence-corrected chi connectivity index (χ4v) is 3.96. The molecule has 0 saturated heterocycles. The van der Waals surface area contributed by atoms with Gasteiger partial charge in [0.15, 0.2) is 5.82 Å². The third-order valence-corrected chi connectivity index (χ3v) is 5.87. The number of rotatable bonds is 4. The van der Waals surface area contributed by atoms with Crippen LogP contribution in [0, 0.1) is 5.82 Å². The number of halogens is 2. The summed E-state index contributed by atoms with van der Waals surface area (Å²) in [6, 6.07) is 5.24. The van der Waals surface area contributed by atoms with Crippen molar-refractivity contribution in [3.05, 3.63) is 53.1 Å². The van der Waals surface area contributed by atoms with Gasteiger partial charge in [-0.05, 0) is 42.9 Å². The Morgan fingerprint density at radius 1 is 1.18 bits per heavy atom. The van der Waals surface area contributed by atoms with Crippen molar-refractivity contribution in [3.63, 3.8) is 0 Å².